The molecule has 1 saturated heterocycles. The molecule has 0 aromatic heterocycles. The highest BCUT2D eigenvalue weighted by atomic mass is 35.5. The van der Waals surface area contributed by atoms with E-state index in [2.05, 4.69) is 6.92 Å². The molecule has 0 saturated carbocycles. The molecule has 1 aromatic carbocycles. The molecule has 2 rings (SSSR count). The lowest BCUT2D eigenvalue weighted by molar-refractivity contribution is 0.127. The van der Waals surface area contributed by atoms with E-state index in [1.165, 1.54) is 0 Å². The Kier molecular flexibility index (Phi) is 3.97. The first-order chi connectivity index (χ1) is 8.08. The number of amidine groups is 1. The number of hydrogen-bond donors (Lipinski definition) is 2. The lowest BCUT2D eigenvalue weighted by Gasteiger charge is -2.14. The number of nitrogens with two attached hydrogens (primary N) is 1. The molecule has 0 amide bonds. The Bertz CT molecular complexity index is 439. The standard InChI is InChI=1S/C12H15ClN2OS/c1-7-11(4-5-16-7)17-8-2-3-9(12(14)15)10(13)6-8/h2-3,6-7,11H,4-5H2,1H3,(H3,14,15). The zero-order valence-electron chi connectivity index (χ0n) is 9.57. The number of hydrogen-bond acceptors (Lipinski definition) is 3. The highest BCUT2D eigenvalue weighted by Crippen LogP contribution is 2.34. The zero-order chi connectivity index (χ0) is 12.4. The van der Waals surface area contributed by atoms with E-state index in [1.54, 1.807) is 17.8 Å². The van der Waals surface area contributed by atoms with Gasteiger partial charge in [-0.3, -0.25) is 5.41 Å². The molecule has 0 aliphatic carbocycles. The Labute approximate surface area is 110 Å². The van der Waals surface area contributed by atoms with Crippen molar-refractivity contribution in [3.63, 3.8) is 0 Å². The van der Waals surface area contributed by atoms with Gasteiger partial charge in [0.2, 0.25) is 0 Å². The summed E-state index contributed by atoms with van der Waals surface area (Å²) in [5.41, 5.74) is 6.01. The lowest BCUT2D eigenvalue weighted by Crippen LogP contribution is -2.13. The first kappa shape index (κ1) is 12.7. The van der Waals surface area contributed by atoms with Gasteiger partial charge in [-0.25, -0.2) is 0 Å². The summed E-state index contributed by atoms with van der Waals surface area (Å²) in [4.78, 5) is 1.10. The Balaban J connectivity index is 2.12. The number of halogens is 1. The van der Waals surface area contributed by atoms with Crippen LogP contribution in [0.4, 0.5) is 0 Å². The van der Waals surface area contributed by atoms with Crippen LogP contribution < -0.4 is 5.73 Å². The molecule has 1 aliphatic heterocycles. The van der Waals surface area contributed by atoms with Gasteiger partial charge in [-0.15, -0.1) is 11.8 Å². The van der Waals surface area contributed by atoms with Gasteiger partial charge < -0.3 is 10.5 Å². The van der Waals surface area contributed by atoms with Gasteiger partial charge in [0.1, 0.15) is 5.84 Å². The first-order valence-electron chi connectivity index (χ1n) is 5.50. The molecule has 0 spiro atoms. The monoisotopic (exact) mass is 270 g/mol. The molecule has 3 nitrogen and oxygen atoms in total. The van der Waals surface area contributed by atoms with E-state index >= 15 is 0 Å². The number of rotatable bonds is 3. The van der Waals surface area contributed by atoms with Gasteiger partial charge in [0.05, 0.1) is 11.1 Å². The molecule has 2 atom stereocenters. The minimum atomic E-state index is 0.00381. The van der Waals surface area contributed by atoms with E-state index < -0.39 is 0 Å². The van der Waals surface area contributed by atoms with E-state index in [9.17, 15) is 0 Å². The van der Waals surface area contributed by atoms with Crippen LogP contribution in [0.5, 0.6) is 0 Å². The molecule has 3 N–H and O–H groups in total. The summed E-state index contributed by atoms with van der Waals surface area (Å²) in [7, 11) is 0. The fourth-order valence-corrected chi connectivity index (χ4v) is 3.34. The van der Waals surface area contributed by atoms with E-state index in [1.807, 2.05) is 12.1 Å². The minimum absolute atomic E-state index is 0.00381. The van der Waals surface area contributed by atoms with Gasteiger partial charge in [0.25, 0.3) is 0 Å². The molecule has 2 unspecified atom stereocenters. The summed E-state index contributed by atoms with van der Waals surface area (Å²) in [5, 5.41) is 8.39. The molecular weight excluding hydrogens is 256 g/mol. The van der Waals surface area contributed by atoms with Crippen molar-refractivity contribution in [2.24, 2.45) is 5.73 Å². The van der Waals surface area contributed by atoms with Crippen LogP contribution in [0.2, 0.25) is 5.02 Å². The van der Waals surface area contributed by atoms with Crippen LogP contribution in [0.25, 0.3) is 0 Å². The normalized spacial score (nSPS) is 23.9. The van der Waals surface area contributed by atoms with E-state index in [4.69, 9.17) is 27.5 Å². The van der Waals surface area contributed by atoms with Crippen LogP contribution in [0.15, 0.2) is 23.1 Å². The molecule has 17 heavy (non-hydrogen) atoms. The molecule has 0 bridgehead atoms. The second-order valence-electron chi connectivity index (χ2n) is 4.08. The van der Waals surface area contributed by atoms with Crippen molar-refractivity contribution in [3.05, 3.63) is 28.8 Å². The summed E-state index contributed by atoms with van der Waals surface area (Å²) in [6.07, 6.45) is 1.35. The SMILES string of the molecule is CC1OCCC1Sc1ccc(C(=N)N)c(Cl)c1. The molecule has 92 valence electrons. The Morgan fingerprint density at radius 3 is 2.88 bits per heavy atom. The minimum Gasteiger partial charge on any atom is -0.384 e. The van der Waals surface area contributed by atoms with Crippen LogP contribution >= 0.6 is 23.4 Å². The van der Waals surface area contributed by atoms with Gasteiger partial charge >= 0.3 is 0 Å². The molecular formula is C12H15ClN2OS. The van der Waals surface area contributed by atoms with E-state index in [0.29, 0.717) is 15.8 Å². The van der Waals surface area contributed by atoms with E-state index in [-0.39, 0.29) is 11.9 Å². The summed E-state index contributed by atoms with van der Waals surface area (Å²) in [5.74, 6) is 0.00381. The number of nitrogens with one attached hydrogen (secondary N) is 1. The summed E-state index contributed by atoms with van der Waals surface area (Å²) in [6.45, 7) is 2.92. The summed E-state index contributed by atoms with van der Waals surface area (Å²) < 4.78 is 5.52. The molecule has 0 radical (unpaired) electrons. The smallest absolute Gasteiger partial charge is 0.124 e. The highest BCUT2D eigenvalue weighted by Gasteiger charge is 2.25. The van der Waals surface area contributed by atoms with Crippen molar-refractivity contribution in [2.75, 3.05) is 6.61 Å². The van der Waals surface area contributed by atoms with E-state index in [0.717, 1.165) is 17.9 Å². The average molecular weight is 271 g/mol. The molecule has 1 aromatic rings. The fourth-order valence-electron chi connectivity index (χ4n) is 1.83. The van der Waals surface area contributed by atoms with Crippen LogP contribution in [0.1, 0.15) is 18.9 Å². The third-order valence-corrected chi connectivity index (χ3v) is 4.59. The van der Waals surface area contributed by atoms with Crippen LogP contribution in [0.3, 0.4) is 0 Å². The second-order valence-corrected chi connectivity index (χ2v) is 5.80. The van der Waals surface area contributed by atoms with Crippen molar-refractivity contribution in [3.8, 4) is 0 Å². The maximum Gasteiger partial charge on any atom is 0.124 e. The maximum absolute atomic E-state index is 7.37. The topological polar surface area (TPSA) is 59.1 Å². The molecule has 1 aliphatic rings. The van der Waals surface area contributed by atoms with Crippen LogP contribution in [-0.4, -0.2) is 23.8 Å². The van der Waals surface area contributed by atoms with Gasteiger partial charge in [0.15, 0.2) is 0 Å². The Hall–Kier alpha value is -0.710. The molecule has 1 heterocycles. The summed E-state index contributed by atoms with van der Waals surface area (Å²) in [6, 6.07) is 5.62. The Morgan fingerprint density at radius 1 is 1.59 bits per heavy atom. The predicted molar refractivity (Wildman–Crippen MR) is 72.1 cm³/mol. The first-order valence-corrected chi connectivity index (χ1v) is 6.76. The Morgan fingerprint density at radius 2 is 2.35 bits per heavy atom. The number of thioether (sulfide) groups is 1. The van der Waals surface area contributed by atoms with Crippen LogP contribution in [0, 0.1) is 5.41 Å². The zero-order valence-corrected chi connectivity index (χ0v) is 11.1. The van der Waals surface area contributed by atoms with Crippen molar-refractivity contribution >= 4 is 29.2 Å². The lowest BCUT2D eigenvalue weighted by atomic mass is 10.2. The molecule has 1 fully saturated rings. The van der Waals surface area contributed by atoms with Gasteiger partial charge in [-0.05, 0) is 31.5 Å². The third-order valence-electron chi connectivity index (χ3n) is 2.82. The number of nitrogen functional groups attached to an aromatic ring is 1. The van der Waals surface area contributed by atoms with Crippen molar-refractivity contribution in [1.29, 1.82) is 5.41 Å². The van der Waals surface area contributed by atoms with Crippen LogP contribution in [-0.2, 0) is 4.74 Å². The average Bonchev–Trinajstić information content (AvgIpc) is 2.64. The second kappa shape index (κ2) is 5.29. The highest BCUT2D eigenvalue weighted by molar-refractivity contribution is 8.00. The third kappa shape index (κ3) is 2.94. The van der Waals surface area contributed by atoms with Gasteiger partial charge in [-0.2, -0.15) is 0 Å². The van der Waals surface area contributed by atoms with Gasteiger partial charge in [0, 0.05) is 22.3 Å². The van der Waals surface area contributed by atoms with Crippen molar-refractivity contribution in [2.45, 2.75) is 29.6 Å². The number of ether oxygens (including phenoxy) is 1. The quantitative estimate of drug-likeness (QED) is 0.656. The molecule has 5 heteroatoms. The maximum atomic E-state index is 7.37. The number of benzene rings is 1. The summed E-state index contributed by atoms with van der Waals surface area (Å²) >= 11 is 7.85. The fraction of sp³-hybridized carbons (Fsp3) is 0.417. The predicted octanol–water partition coefficient (Wildman–Crippen LogP) is 2.89. The van der Waals surface area contributed by atoms with Gasteiger partial charge in [-0.1, -0.05) is 11.6 Å². The van der Waals surface area contributed by atoms with Crippen molar-refractivity contribution in [1.82, 2.24) is 0 Å². The largest absolute Gasteiger partial charge is 0.384 e. The van der Waals surface area contributed by atoms with Crippen molar-refractivity contribution < 1.29 is 4.74 Å².